The van der Waals surface area contributed by atoms with E-state index in [-0.39, 0.29) is 11.9 Å². The number of rotatable bonds is 6. The number of carbonyl (C=O) groups excluding carboxylic acids is 1. The molecule has 0 aromatic heterocycles. The zero-order valence-electron chi connectivity index (χ0n) is 14.6. The normalized spacial score (nSPS) is 19.4. The van der Waals surface area contributed by atoms with E-state index in [2.05, 4.69) is 0 Å². The highest BCUT2D eigenvalue weighted by Crippen LogP contribution is 2.37. The van der Waals surface area contributed by atoms with Crippen molar-refractivity contribution in [3.63, 3.8) is 0 Å². The summed E-state index contributed by atoms with van der Waals surface area (Å²) in [5.74, 6) is 1.97. The number of methoxy groups -OCH3 is 3. The minimum Gasteiger partial charge on any atom is -0.497 e. The number of β-lactam (4-membered cyclic amide) rings is 1. The van der Waals surface area contributed by atoms with Gasteiger partial charge in [0.15, 0.2) is 11.5 Å². The van der Waals surface area contributed by atoms with Crippen LogP contribution in [0.25, 0.3) is 0 Å². The van der Waals surface area contributed by atoms with Crippen molar-refractivity contribution >= 4 is 5.91 Å². The van der Waals surface area contributed by atoms with Crippen LogP contribution in [0.5, 0.6) is 17.2 Å². The third-order valence-corrected chi connectivity index (χ3v) is 4.48. The summed E-state index contributed by atoms with van der Waals surface area (Å²) in [6.45, 7) is 0.453. The summed E-state index contributed by atoms with van der Waals surface area (Å²) in [5, 5.41) is 0. The third-order valence-electron chi connectivity index (χ3n) is 4.48. The summed E-state index contributed by atoms with van der Waals surface area (Å²) < 4.78 is 15.9. The molecule has 1 aliphatic rings. The quantitative estimate of drug-likeness (QED) is 0.814. The molecule has 2 N–H and O–H groups in total. The number of hydrogen-bond donors (Lipinski definition) is 1. The van der Waals surface area contributed by atoms with Gasteiger partial charge in [0.2, 0.25) is 5.91 Å². The lowest BCUT2D eigenvalue weighted by Gasteiger charge is -2.46. The van der Waals surface area contributed by atoms with Crippen molar-refractivity contribution in [1.29, 1.82) is 0 Å². The summed E-state index contributed by atoms with van der Waals surface area (Å²) in [5.41, 5.74) is 7.97. The molecule has 1 fully saturated rings. The Hall–Kier alpha value is -2.73. The molecule has 6 nitrogen and oxygen atoms in total. The molecule has 2 atom stereocenters. The summed E-state index contributed by atoms with van der Waals surface area (Å²) in [6, 6.07) is 12.6. The number of ether oxygens (including phenoxy) is 3. The van der Waals surface area contributed by atoms with Gasteiger partial charge in [0, 0.05) is 6.54 Å². The lowest BCUT2D eigenvalue weighted by molar-refractivity contribution is -0.150. The molecule has 1 aliphatic heterocycles. The monoisotopic (exact) mass is 342 g/mol. The second kappa shape index (κ2) is 7.03. The Labute approximate surface area is 147 Å². The van der Waals surface area contributed by atoms with E-state index in [0.717, 1.165) is 16.9 Å². The van der Waals surface area contributed by atoms with Crippen molar-refractivity contribution in [2.75, 3.05) is 21.3 Å². The van der Waals surface area contributed by atoms with E-state index in [1.165, 1.54) is 0 Å². The first-order valence-corrected chi connectivity index (χ1v) is 8.00. The first-order chi connectivity index (χ1) is 12.1. The molecular formula is C19H22N2O4. The molecule has 2 aromatic rings. The maximum Gasteiger partial charge on any atom is 0.242 e. The van der Waals surface area contributed by atoms with Crippen LogP contribution in [0.2, 0.25) is 0 Å². The van der Waals surface area contributed by atoms with Crippen molar-refractivity contribution in [3.8, 4) is 17.2 Å². The van der Waals surface area contributed by atoms with Gasteiger partial charge in [0.1, 0.15) is 11.8 Å². The predicted molar refractivity (Wildman–Crippen MR) is 93.8 cm³/mol. The van der Waals surface area contributed by atoms with Crippen LogP contribution in [0, 0.1) is 0 Å². The first kappa shape index (κ1) is 17.1. The zero-order chi connectivity index (χ0) is 18.0. The lowest BCUT2D eigenvalue weighted by atomic mass is 9.88. The van der Waals surface area contributed by atoms with Gasteiger partial charge in [0.25, 0.3) is 0 Å². The van der Waals surface area contributed by atoms with Gasteiger partial charge in [-0.2, -0.15) is 0 Å². The molecule has 0 bridgehead atoms. The Bertz CT molecular complexity index is 778. The van der Waals surface area contributed by atoms with Crippen LogP contribution in [-0.2, 0) is 11.3 Å². The largest absolute Gasteiger partial charge is 0.497 e. The minimum atomic E-state index is -0.535. The van der Waals surface area contributed by atoms with Crippen molar-refractivity contribution in [1.82, 2.24) is 4.90 Å². The topological polar surface area (TPSA) is 74.0 Å². The molecule has 0 unspecified atom stereocenters. The van der Waals surface area contributed by atoms with Crippen molar-refractivity contribution in [2.45, 2.75) is 18.6 Å². The lowest BCUT2D eigenvalue weighted by Crippen LogP contribution is -2.62. The highest BCUT2D eigenvalue weighted by Gasteiger charge is 2.45. The van der Waals surface area contributed by atoms with E-state index < -0.39 is 6.04 Å². The standard InChI is InChI=1S/C19H22N2O4/c1-23-14-6-4-5-13(10-14)18-17(20)19(22)21(18)11-12-7-8-15(24-2)16(9-12)25-3/h4-10,17-18H,11,20H2,1-3H3/t17-,18+/m1/s1. The van der Waals surface area contributed by atoms with Gasteiger partial charge in [-0.1, -0.05) is 18.2 Å². The summed E-state index contributed by atoms with van der Waals surface area (Å²) in [4.78, 5) is 14.1. The van der Waals surface area contributed by atoms with Crippen LogP contribution in [0.3, 0.4) is 0 Å². The van der Waals surface area contributed by atoms with Crippen LogP contribution >= 0.6 is 0 Å². The Morgan fingerprint density at radius 1 is 1.00 bits per heavy atom. The van der Waals surface area contributed by atoms with E-state index >= 15 is 0 Å². The molecule has 0 saturated carbocycles. The van der Waals surface area contributed by atoms with E-state index in [4.69, 9.17) is 19.9 Å². The third kappa shape index (κ3) is 3.13. The Kier molecular flexibility index (Phi) is 4.81. The van der Waals surface area contributed by atoms with Gasteiger partial charge in [0.05, 0.1) is 27.4 Å². The summed E-state index contributed by atoms with van der Waals surface area (Å²) in [6.07, 6.45) is 0. The molecular weight excluding hydrogens is 320 g/mol. The number of carbonyl (C=O) groups is 1. The summed E-state index contributed by atoms with van der Waals surface area (Å²) in [7, 11) is 4.80. The highest BCUT2D eigenvalue weighted by molar-refractivity contribution is 5.89. The van der Waals surface area contributed by atoms with Crippen LogP contribution in [0.1, 0.15) is 17.2 Å². The van der Waals surface area contributed by atoms with Gasteiger partial charge in [-0.25, -0.2) is 0 Å². The van der Waals surface area contributed by atoms with Gasteiger partial charge >= 0.3 is 0 Å². The molecule has 3 rings (SSSR count). The maximum absolute atomic E-state index is 12.3. The Morgan fingerprint density at radius 3 is 2.44 bits per heavy atom. The van der Waals surface area contributed by atoms with Crippen LogP contribution in [0.15, 0.2) is 42.5 Å². The molecule has 25 heavy (non-hydrogen) atoms. The highest BCUT2D eigenvalue weighted by atomic mass is 16.5. The van der Waals surface area contributed by atoms with E-state index in [1.54, 1.807) is 26.2 Å². The first-order valence-electron chi connectivity index (χ1n) is 8.00. The fourth-order valence-electron chi connectivity index (χ4n) is 3.14. The smallest absolute Gasteiger partial charge is 0.242 e. The average Bonchev–Trinajstić information content (AvgIpc) is 2.67. The van der Waals surface area contributed by atoms with E-state index in [1.807, 2.05) is 42.5 Å². The number of amides is 1. The number of nitrogens with two attached hydrogens (primary N) is 1. The second-order valence-electron chi connectivity index (χ2n) is 5.90. The fourth-order valence-corrected chi connectivity index (χ4v) is 3.14. The Balaban J connectivity index is 1.84. The van der Waals surface area contributed by atoms with Gasteiger partial charge in [-0.15, -0.1) is 0 Å². The number of nitrogens with zero attached hydrogens (tertiary/aromatic N) is 1. The SMILES string of the molecule is COc1cccc([C@H]2[C@@H](N)C(=O)N2Cc2ccc(OC)c(OC)c2)c1. The van der Waals surface area contributed by atoms with E-state index in [9.17, 15) is 4.79 Å². The van der Waals surface area contributed by atoms with Gasteiger partial charge < -0.3 is 24.8 Å². The molecule has 0 aliphatic carbocycles. The minimum absolute atomic E-state index is 0.0670. The number of likely N-dealkylation sites (tertiary alicyclic amines) is 1. The fraction of sp³-hybridized carbons (Fsp3) is 0.316. The molecule has 1 amide bonds. The molecule has 1 saturated heterocycles. The second-order valence-corrected chi connectivity index (χ2v) is 5.90. The molecule has 1 heterocycles. The van der Waals surface area contributed by atoms with Crippen molar-refractivity contribution in [2.24, 2.45) is 5.73 Å². The molecule has 0 radical (unpaired) electrons. The maximum atomic E-state index is 12.3. The number of hydrogen-bond acceptors (Lipinski definition) is 5. The Morgan fingerprint density at radius 2 is 1.76 bits per heavy atom. The average molecular weight is 342 g/mol. The van der Waals surface area contributed by atoms with Gasteiger partial charge in [-0.3, -0.25) is 4.79 Å². The zero-order valence-corrected chi connectivity index (χ0v) is 14.6. The molecule has 132 valence electrons. The van der Waals surface area contributed by atoms with E-state index in [0.29, 0.717) is 18.0 Å². The van der Waals surface area contributed by atoms with Gasteiger partial charge in [-0.05, 0) is 35.4 Å². The van der Waals surface area contributed by atoms with Crippen LogP contribution < -0.4 is 19.9 Å². The number of benzene rings is 2. The predicted octanol–water partition coefficient (Wildman–Crippen LogP) is 2.12. The van der Waals surface area contributed by atoms with Crippen LogP contribution in [0.4, 0.5) is 0 Å². The molecule has 6 heteroatoms. The molecule has 2 aromatic carbocycles. The van der Waals surface area contributed by atoms with Crippen molar-refractivity contribution < 1.29 is 19.0 Å². The summed E-state index contributed by atoms with van der Waals surface area (Å²) >= 11 is 0. The molecule has 0 spiro atoms. The van der Waals surface area contributed by atoms with Crippen molar-refractivity contribution in [3.05, 3.63) is 53.6 Å². The van der Waals surface area contributed by atoms with Crippen LogP contribution in [-0.4, -0.2) is 38.2 Å².